The summed E-state index contributed by atoms with van der Waals surface area (Å²) in [6, 6.07) is 19.3. The summed E-state index contributed by atoms with van der Waals surface area (Å²) in [7, 11) is 0. The van der Waals surface area contributed by atoms with Crippen LogP contribution in [0.4, 0.5) is 24.5 Å². The van der Waals surface area contributed by atoms with E-state index in [1.165, 1.54) is 30.3 Å². The van der Waals surface area contributed by atoms with Gasteiger partial charge in [-0.1, -0.05) is 48.2 Å². The maximum Gasteiger partial charge on any atom is 0.416 e. The Labute approximate surface area is 201 Å². The Kier molecular flexibility index (Phi) is 6.82. The first-order valence-electron chi connectivity index (χ1n) is 10.1. The van der Waals surface area contributed by atoms with E-state index in [4.69, 9.17) is 0 Å². The Morgan fingerprint density at radius 2 is 1.74 bits per heavy atom. The molecular weight excluding hydrogens is 483 g/mol. The van der Waals surface area contributed by atoms with E-state index < -0.39 is 22.6 Å². The van der Waals surface area contributed by atoms with Gasteiger partial charge in [-0.25, -0.2) is 0 Å². The van der Waals surface area contributed by atoms with Gasteiger partial charge in [0.05, 0.1) is 16.2 Å². The van der Waals surface area contributed by atoms with E-state index in [0.29, 0.717) is 22.2 Å². The largest absolute Gasteiger partial charge is 0.416 e. The van der Waals surface area contributed by atoms with Gasteiger partial charge >= 0.3 is 6.18 Å². The van der Waals surface area contributed by atoms with E-state index in [9.17, 15) is 28.1 Å². The lowest BCUT2D eigenvalue weighted by Gasteiger charge is -2.11. The fraction of sp³-hybridized carbons (Fsp3) is 0.0870. The Balaban J connectivity index is 1.58. The maximum atomic E-state index is 12.9. The summed E-state index contributed by atoms with van der Waals surface area (Å²) in [6.45, 7) is 0. The van der Waals surface area contributed by atoms with Gasteiger partial charge < -0.3 is 5.32 Å². The van der Waals surface area contributed by atoms with Crippen LogP contribution in [-0.4, -0.2) is 31.3 Å². The van der Waals surface area contributed by atoms with Gasteiger partial charge in [-0.15, -0.1) is 10.2 Å². The van der Waals surface area contributed by atoms with Crippen molar-refractivity contribution in [1.29, 1.82) is 0 Å². The van der Waals surface area contributed by atoms with Crippen molar-refractivity contribution in [2.45, 2.75) is 11.3 Å². The number of carbonyl (C=O) groups is 1. The SMILES string of the molecule is O=C(CSc1nnc(-c2cccc([N+](=O)[O-])c2)n1-c1ccccc1)Nc1cccc(C(F)(F)F)c1. The number of anilines is 1. The fourth-order valence-corrected chi connectivity index (χ4v) is 3.97. The van der Waals surface area contributed by atoms with Crippen molar-refractivity contribution >= 4 is 29.0 Å². The van der Waals surface area contributed by atoms with Crippen molar-refractivity contribution in [2.24, 2.45) is 0 Å². The van der Waals surface area contributed by atoms with Gasteiger partial charge in [0, 0.05) is 29.1 Å². The molecular formula is C23H16F3N5O3S. The number of aromatic nitrogens is 3. The lowest BCUT2D eigenvalue weighted by molar-refractivity contribution is -0.384. The van der Waals surface area contributed by atoms with Crippen LogP contribution in [0.1, 0.15) is 5.56 Å². The Hall–Kier alpha value is -4.19. The van der Waals surface area contributed by atoms with Crippen LogP contribution < -0.4 is 5.32 Å². The van der Waals surface area contributed by atoms with E-state index in [-0.39, 0.29) is 17.1 Å². The van der Waals surface area contributed by atoms with Crippen molar-refractivity contribution in [3.8, 4) is 17.1 Å². The highest BCUT2D eigenvalue weighted by molar-refractivity contribution is 7.99. The molecule has 35 heavy (non-hydrogen) atoms. The minimum atomic E-state index is -4.52. The molecule has 12 heteroatoms. The van der Waals surface area contributed by atoms with Crippen molar-refractivity contribution in [3.63, 3.8) is 0 Å². The monoisotopic (exact) mass is 499 g/mol. The molecule has 0 aliphatic rings. The van der Waals surface area contributed by atoms with E-state index in [2.05, 4.69) is 15.5 Å². The molecule has 4 rings (SSSR count). The van der Waals surface area contributed by atoms with Crippen LogP contribution in [0, 0.1) is 10.1 Å². The molecule has 0 saturated heterocycles. The number of nitro groups is 1. The highest BCUT2D eigenvalue weighted by Crippen LogP contribution is 2.32. The van der Waals surface area contributed by atoms with Crippen molar-refractivity contribution in [3.05, 3.63) is 94.5 Å². The fourth-order valence-electron chi connectivity index (χ4n) is 3.22. The minimum absolute atomic E-state index is 0.0206. The van der Waals surface area contributed by atoms with E-state index in [1.807, 2.05) is 6.07 Å². The molecule has 0 atom stereocenters. The second-order valence-corrected chi connectivity index (χ2v) is 8.14. The summed E-state index contributed by atoms with van der Waals surface area (Å²) >= 11 is 1.03. The van der Waals surface area contributed by atoms with Crippen molar-refractivity contribution < 1.29 is 22.9 Å². The second-order valence-electron chi connectivity index (χ2n) is 7.20. The van der Waals surface area contributed by atoms with Crippen LogP contribution >= 0.6 is 11.8 Å². The number of hydrogen-bond donors (Lipinski definition) is 1. The number of nitrogens with zero attached hydrogens (tertiary/aromatic N) is 4. The third-order valence-corrected chi connectivity index (χ3v) is 5.70. The van der Waals surface area contributed by atoms with Crippen molar-refractivity contribution in [2.75, 3.05) is 11.1 Å². The molecule has 0 spiro atoms. The van der Waals surface area contributed by atoms with Crippen LogP contribution in [-0.2, 0) is 11.0 Å². The lowest BCUT2D eigenvalue weighted by atomic mass is 10.2. The molecule has 0 bridgehead atoms. The van der Waals surface area contributed by atoms with Gasteiger partial charge in [0.1, 0.15) is 0 Å². The number of nitro benzene ring substituents is 1. The molecule has 8 nitrogen and oxygen atoms in total. The normalized spacial score (nSPS) is 11.3. The number of non-ortho nitro benzene ring substituents is 1. The van der Waals surface area contributed by atoms with Crippen LogP contribution in [0.3, 0.4) is 0 Å². The Bertz CT molecular complexity index is 1380. The van der Waals surface area contributed by atoms with Crippen LogP contribution in [0.2, 0.25) is 0 Å². The standard InChI is InChI=1S/C23H16F3N5O3S/c24-23(25,26)16-7-5-8-17(13-16)27-20(32)14-35-22-29-28-21(30(22)18-9-2-1-3-10-18)15-6-4-11-19(12-15)31(33)34/h1-13H,14H2,(H,27,32). The molecule has 0 aliphatic carbocycles. The highest BCUT2D eigenvalue weighted by Gasteiger charge is 2.30. The molecule has 0 saturated carbocycles. The molecule has 4 aromatic rings. The molecule has 0 fully saturated rings. The number of amides is 1. The predicted octanol–water partition coefficient (Wildman–Crippen LogP) is 5.59. The molecule has 1 N–H and O–H groups in total. The molecule has 0 radical (unpaired) electrons. The van der Waals surface area contributed by atoms with Gasteiger partial charge in [-0.05, 0) is 30.3 Å². The number of thioether (sulfide) groups is 1. The Morgan fingerprint density at radius 1 is 1.00 bits per heavy atom. The quantitative estimate of drug-likeness (QED) is 0.202. The van der Waals surface area contributed by atoms with Crippen molar-refractivity contribution in [1.82, 2.24) is 14.8 Å². The number of rotatable bonds is 7. The number of para-hydroxylation sites is 1. The average Bonchev–Trinajstić information content (AvgIpc) is 3.27. The van der Waals surface area contributed by atoms with E-state index >= 15 is 0 Å². The summed E-state index contributed by atoms with van der Waals surface area (Å²) in [5.74, 6) is -0.356. The number of alkyl halides is 3. The number of halogens is 3. The molecule has 0 unspecified atom stereocenters. The first-order valence-corrected chi connectivity index (χ1v) is 11.1. The maximum absolute atomic E-state index is 12.9. The average molecular weight is 499 g/mol. The lowest BCUT2D eigenvalue weighted by Crippen LogP contribution is -2.15. The van der Waals surface area contributed by atoms with Gasteiger partial charge in [0.2, 0.25) is 5.91 Å². The number of carbonyl (C=O) groups excluding carboxylic acids is 1. The molecule has 3 aromatic carbocycles. The summed E-state index contributed by atoms with van der Waals surface area (Å²) in [5, 5.41) is 22.3. The predicted molar refractivity (Wildman–Crippen MR) is 124 cm³/mol. The first-order chi connectivity index (χ1) is 16.7. The smallest absolute Gasteiger partial charge is 0.325 e. The molecule has 1 aromatic heterocycles. The van der Waals surface area contributed by atoms with Crippen LogP contribution in [0.15, 0.2) is 84.0 Å². The third kappa shape index (κ3) is 5.66. The summed E-state index contributed by atoms with van der Waals surface area (Å²) in [5.41, 5.74) is 0.163. The molecule has 178 valence electrons. The summed E-state index contributed by atoms with van der Waals surface area (Å²) in [4.78, 5) is 23.1. The van der Waals surface area contributed by atoms with Gasteiger partial charge in [0.25, 0.3) is 5.69 Å². The highest BCUT2D eigenvalue weighted by atomic mass is 32.2. The number of nitrogens with one attached hydrogen (secondary N) is 1. The molecule has 0 aliphatic heterocycles. The summed E-state index contributed by atoms with van der Waals surface area (Å²) in [6.07, 6.45) is -4.52. The van der Waals surface area contributed by atoms with E-state index in [0.717, 1.165) is 23.9 Å². The zero-order chi connectivity index (χ0) is 25.0. The van der Waals surface area contributed by atoms with Gasteiger partial charge in [-0.2, -0.15) is 13.2 Å². The third-order valence-electron chi connectivity index (χ3n) is 4.77. The van der Waals surface area contributed by atoms with Crippen LogP contribution in [0.25, 0.3) is 17.1 Å². The number of hydrogen-bond acceptors (Lipinski definition) is 6. The zero-order valence-corrected chi connectivity index (χ0v) is 18.6. The topological polar surface area (TPSA) is 103 Å². The zero-order valence-electron chi connectivity index (χ0n) is 17.8. The van der Waals surface area contributed by atoms with Gasteiger partial charge in [-0.3, -0.25) is 19.5 Å². The van der Waals surface area contributed by atoms with Gasteiger partial charge in [0.15, 0.2) is 11.0 Å². The first kappa shape index (κ1) is 24.0. The second kappa shape index (κ2) is 9.97. The minimum Gasteiger partial charge on any atom is -0.325 e. The summed E-state index contributed by atoms with van der Waals surface area (Å²) < 4.78 is 40.4. The molecule has 1 heterocycles. The van der Waals surface area contributed by atoms with E-state index in [1.54, 1.807) is 34.9 Å². The molecule has 1 amide bonds. The number of benzene rings is 3. The van der Waals surface area contributed by atoms with Crippen LogP contribution in [0.5, 0.6) is 0 Å². The Morgan fingerprint density at radius 3 is 2.46 bits per heavy atom.